The van der Waals surface area contributed by atoms with Gasteiger partial charge in [0.25, 0.3) is 0 Å². The van der Waals surface area contributed by atoms with Crippen molar-refractivity contribution in [3.05, 3.63) is 42.0 Å². The first-order valence-corrected chi connectivity index (χ1v) is 4.42. The van der Waals surface area contributed by atoms with Crippen LogP contribution in [-0.4, -0.2) is 20.9 Å². The van der Waals surface area contributed by atoms with Crippen LogP contribution in [-0.2, 0) is 0 Å². The number of aromatic carboxylic acids is 1. The minimum absolute atomic E-state index is 0.0938. The number of rotatable bonds is 2. The molecule has 0 fully saturated rings. The predicted molar refractivity (Wildman–Crippen MR) is 54.9 cm³/mol. The number of carbonyl (C=O) groups is 1. The molecule has 6 heteroatoms. The molecule has 0 saturated carbocycles. The Bertz CT molecular complexity index is 551. The second-order valence-corrected chi connectivity index (χ2v) is 3.15. The number of carboxylic acids is 1. The van der Waals surface area contributed by atoms with E-state index in [1.807, 2.05) is 0 Å². The highest BCUT2D eigenvalue weighted by atomic mass is 19.1. The monoisotopic (exact) mass is 221 g/mol. The van der Waals surface area contributed by atoms with Crippen LogP contribution in [0, 0.1) is 5.82 Å². The number of anilines is 1. The summed E-state index contributed by atoms with van der Waals surface area (Å²) in [6.07, 6.45) is 1.45. The van der Waals surface area contributed by atoms with Crippen LogP contribution < -0.4 is 5.73 Å². The zero-order chi connectivity index (χ0) is 11.7. The Hall–Kier alpha value is -2.37. The molecule has 1 heterocycles. The molecule has 0 aliphatic rings. The molecule has 1 aromatic carbocycles. The van der Waals surface area contributed by atoms with E-state index in [1.165, 1.54) is 29.1 Å². The molecule has 2 rings (SSSR count). The molecule has 1 aromatic heterocycles. The predicted octanol–water partition coefficient (Wildman–Crippen LogP) is 1.29. The number of halogens is 1. The largest absolute Gasteiger partial charge is 0.476 e. The van der Waals surface area contributed by atoms with Crippen LogP contribution in [0.5, 0.6) is 0 Å². The van der Waals surface area contributed by atoms with Gasteiger partial charge in [-0.1, -0.05) is 0 Å². The number of nitrogen functional groups attached to an aromatic ring is 1. The van der Waals surface area contributed by atoms with Gasteiger partial charge in [0.15, 0.2) is 5.69 Å². The summed E-state index contributed by atoms with van der Waals surface area (Å²) < 4.78 is 14.1. The number of benzene rings is 1. The summed E-state index contributed by atoms with van der Waals surface area (Å²) in [6, 6.07) is 5.15. The maximum atomic E-state index is 12.8. The van der Waals surface area contributed by atoms with Crippen molar-refractivity contribution in [3.63, 3.8) is 0 Å². The van der Waals surface area contributed by atoms with E-state index in [4.69, 9.17) is 10.8 Å². The molecule has 2 aromatic rings. The third-order valence-electron chi connectivity index (χ3n) is 2.04. The highest BCUT2D eigenvalue weighted by molar-refractivity contribution is 5.85. The molecule has 0 unspecified atom stereocenters. The zero-order valence-corrected chi connectivity index (χ0v) is 8.09. The molecule has 0 aliphatic heterocycles. The zero-order valence-electron chi connectivity index (χ0n) is 8.09. The van der Waals surface area contributed by atoms with E-state index in [2.05, 4.69) is 5.10 Å². The normalized spacial score (nSPS) is 10.3. The van der Waals surface area contributed by atoms with Gasteiger partial charge in [0, 0.05) is 6.20 Å². The first kappa shape index (κ1) is 10.2. The summed E-state index contributed by atoms with van der Waals surface area (Å²) in [5.74, 6) is -1.58. The molecule has 16 heavy (non-hydrogen) atoms. The van der Waals surface area contributed by atoms with Gasteiger partial charge in [-0.25, -0.2) is 13.9 Å². The number of nitrogens with two attached hydrogens (primary N) is 1. The first-order chi connectivity index (χ1) is 7.58. The molecular formula is C10H8FN3O2. The Morgan fingerprint density at radius 1 is 1.44 bits per heavy atom. The summed E-state index contributed by atoms with van der Waals surface area (Å²) in [6.45, 7) is 0. The van der Waals surface area contributed by atoms with Crippen molar-refractivity contribution in [1.29, 1.82) is 0 Å². The van der Waals surface area contributed by atoms with Gasteiger partial charge in [0.1, 0.15) is 5.82 Å². The van der Waals surface area contributed by atoms with Gasteiger partial charge < -0.3 is 10.8 Å². The Morgan fingerprint density at radius 2 is 2.19 bits per heavy atom. The van der Waals surface area contributed by atoms with Crippen molar-refractivity contribution in [2.75, 3.05) is 5.73 Å². The minimum Gasteiger partial charge on any atom is -0.476 e. The lowest BCUT2D eigenvalue weighted by molar-refractivity contribution is 0.0690. The fourth-order valence-corrected chi connectivity index (χ4v) is 1.31. The van der Waals surface area contributed by atoms with E-state index in [0.29, 0.717) is 5.69 Å². The van der Waals surface area contributed by atoms with E-state index in [9.17, 15) is 9.18 Å². The van der Waals surface area contributed by atoms with Crippen LogP contribution >= 0.6 is 0 Å². The van der Waals surface area contributed by atoms with Gasteiger partial charge in [-0.3, -0.25) is 0 Å². The lowest BCUT2D eigenvalue weighted by atomic mass is 10.2. The quantitative estimate of drug-likeness (QED) is 0.749. The van der Waals surface area contributed by atoms with Crippen LogP contribution in [0.2, 0.25) is 0 Å². The number of aromatic nitrogens is 2. The van der Waals surface area contributed by atoms with Crippen LogP contribution in [0.25, 0.3) is 5.69 Å². The van der Waals surface area contributed by atoms with Crippen molar-refractivity contribution in [2.45, 2.75) is 0 Å². The third kappa shape index (κ3) is 1.72. The van der Waals surface area contributed by atoms with Crippen molar-refractivity contribution < 1.29 is 14.3 Å². The maximum Gasteiger partial charge on any atom is 0.356 e. The second kappa shape index (κ2) is 3.65. The van der Waals surface area contributed by atoms with Crippen molar-refractivity contribution in [2.24, 2.45) is 0 Å². The third-order valence-corrected chi connectivity index (χ3v) is 2.04. The van der Waals surface area contributed by atoms with E-state index >= 15 is 0 Å². The Labute approximate surface area is 89.9 Å². The lowest BCUT2D eigenvalue weighted by Gasteiger charge is -2.04. The van der Waals surface area contributed by atoms with Crippen molar-refractivity contribution in [3.8, 4) is 5.69 Å². The van der Waals surface area contributed by atoms with Crippen molar-refractivity contribution in [1.82, 2.24) is 9.78 Å². The fraction of sp³-hybridized carbons (Fsp3) is 0. The minimum atomic E-state index is -1.13. The maximum absolute atomic E-state index is 12.8. The first-order valence-electron chi connectivity index (χ1n) is 4.42. The summed E-state index contributed by atoms with van der Waals surface area (Å²) in [5, 5.41) is 12.5. The standard InChI is InChI=1S/C10H8FN3O2/c11-6-1-2-9(7(12)5-6)14-4-3-8(13-14)10(15)16/h1-5H,12H2,(H,15,16). The molecule has 0 saturated heterocycles. The van der Waals surface area contributed by atoms with Crippen LogP contribution in [0.15, 0.2) is 30.5 Å². The molecule has 0 atom stereocenters. The average molecular weight is 221 g/mol. The van der Waals surface area contributed by atoms with Gasteiger partial charge in [-0.05, 0) is 24.3 Å². The van der Waals surface area contributed by atoms with E-state index in [-0.39, 0.29) is 11.4 Å². The molecule has 5 nitrogen and oxygen atoms in total. The van der Waals surface area contributed by atoms with Crippen LogP contribution in [0.3, 0.4) is 0 Å². The summed E-state index contributed by atoms with van der Waals surface area (Å²) in [4.78, 5) is 10.6. The van der Waals surface area contributed by atoms with Crippen molar-refractivity contribution >= 4 is 11.7 Å². The molecule has 0 radical (unpaired) electrons. The van der Waals surface area contributed by atoms with Crippen LogP contribution in [0.1, 0.15) is 10.5 Å². The highest BCUT2D eigenvalue weighted by Crippen LogP contribution is 2.17. The smallest absolute Gasteiger partial charge is 0.356 e. The number of carboxylic acid groups (broad SMARTS) is 1. The number of nitrogens with zero attached hydrogens (tertiary/aromatic N) is 2. The molecule has 0 bridgehead atoms. The topological polar surface area (TPSA) is 81.1 Å². The van der Waals surface area contributed by atoms with Gasteiger partial charge in [-0.15, -0.1) is 0 Å². The fourth-order valence-electron chi connectivity index (χ4n) is 1.31. The van der Waals surface area contributed by atoms with Gasteiger partial charge in [-0.2, -0.15) is 5.10 Å². The molecule has 0 amide bonds. The molecule has 0 spiro atoms. The average Bonchev–Trinajstić information content (AvgIpc) is 2.66. The molecule has 82 valence electrons. The second-order valence-electron chi connectivity index (χ2n) is 3.15. The Morgan fingerprint density at radius 3 is 2.75 bits per heavy atom. The highest BCUT2D eigenvalue weighted by Gasteiger charge is 2.09. The molecule has 3 N–H and O–H groups in total. The summed E-state index contributed by atoms with van der Waals surface area (Å²) >= 11 is 0. The molecular weight excluding hydrogens is 213 g/mol. The summed E-state index contributed by atoms with van der Waals surface area (Å²) in [7, 11) is 0. The number of hydrogen-bond donors (Lipinski definition) is 2. The molecule has 0 aliphatic carbocycles. The Kier molecular flexibility index (Phi) is 2.32. The van der Waals surface area contributed by atoms with E-state index in [0.717, 1.165) is 6.07 Å². The summed E-state index contributed by atoms with van der Waals surface area (Å²) in [5.41, 5.74) is 6.13. The Balaban J connectivity index is 2.46. The van der Waals surface area contributed by atoms with E-state index < -0.39 is 11.8 Å². The van der Waals surface area contributed by atoms with Gasteiger partial charge in [0.05, 0.1) is 11.4 Å². The lowest BCUT2D eigenvalue weighted by Crippen LogP contribution is -2.03. The van der Waals surface area contributed by atoms with Gasteiger partial charge >= 0.3 is 5.97 Å². The van der Waals surface area contributed by atoms with Gasteiger partial charge in [0.2, 0.25) is 0 Å². The van der Waals surface area contributed by atoms with Crippen LogP contribution in [0.4, 0.5) is 10.1 Å². The SMILES string of the molecule is Nc1cc(F)ccc1-n1ccc(C(=O)O)n1. The van der Waals surface area contributed by atoms with E-state index in [1.54, 1.807) is 0 Å². The number of hydrogen-bond acceptors (Lipinski definition) is 3.